The van der Waals surface area contributed by atoms with Gasteiger partial charge in [-0.2, -0.15) is 0 Å². The van der Waals surface area contributed by atoms with Gasteiger partial charge in [-0.05, 0) is 47.0 Å². The van der Waals surface area contributed by atoms with Crippen LogP contribution in [0.1, 0.15) is 26.3 Å². The van der Waals surface area contributed by atoms with E-state index in [2.05, 4.69) is 4.98 Å². The number of amides is 2. The van der Waals surface area contributed by atoms with Crippen molar-refractivity contribution in [3.63, 3.8) is 0 Å². The number of hydrogen-bond acceptors (Lipinski definition) is 4. The summed E-state index contributed by atoms with van der Waals surface area (Å²) < 4.78 is 5.26. The van der Waals surface area contributed by atoms with Crippen molar-refractivity contribution in [3.05, 3.63) is 83.7 Å². The van der Waals surface area contributed by atoms with Gasteiger partial charge in [-0.25, -0.2) is 0 Å². The lowest BCUT2D eigenvalue weighted by molar-refractivity contribution is 0.0642. The highest BCUT2D eigenvalue weighted by Crippen LogP contribution is 2.30. The predicted molar refractivity (Wildman–Crippen MR) is 96.9 cm³/mol. The third-order valence-corrected chi connectivity index (χ3v) is 4.44. The predicted octanol–water partition coefficient (Wildman–Crippen LogP) is 3.55. The largest absolute Gasteiger partial charge is 0.497 e. The van der Waals surface area contributed by atoms with Gasteiger partial charge >= 0.3 is 0 Å². The molecule has 0 fully saturated rings. The van der Waals surface area contributed by atoms with Crippen LogP contribution in [0.4, 0.5) is 0 Å². The van der Waals surface area contributed by atoms with Gasteiger partial charge in [-0.15, -0.1) is 0 Å². The molecular formula is C21H16N2O3. The molecule has 1 aliphatic rings. The van der Waals surface area contributed by atoms with Crippen molar-refractivity contribution in [1.82, 2.24) is 9.88 Å². The number of carbonyl (C=O) groups excluding carboxylic acids is 2. The first-order valence-corrected chi connectivity index (χ1v) is 8.21. The normalized spacial score (nSPS) is 13.0. The lowest BCUT2D eigenvalue weighted by atomic mass is 10.00. The monoisotopic (exact) mass is 344 g/mol. The average Bonchev–Trinajstić information content (AvgIpc) is 2.93. The van der Waals surface area contributed by atoms with E-state index < -0.39 is 0 Å². The number of ether oxygens (including phenoxy) is 1. The molecule has 26 heavy (non-hydrogen) atoms. The molecule has 0 unspecified atom stereocenters. The third kappa shape index (κ3) is 2.73. The maximum atomic E-state index is 12.8. The van der Waals surface area contributed by atoms with Crippen molar-refractivity contribution in [1.29, 1.82) is 0 Å². The molecule has 128 valence electrons. The summed E-state index contributed by atoms with van der Waals surface area (Å²) in [5.74, 6) is 0.188. The van der Waals surface area contributed by atoms with Crippen molar-refractivity contribution in [2.75, 3.05) is 7.11 Å². The highest BCUT2D eigenvalue weighted by Gasteiger charge is 2.35. The fourth-order valence-corrected chi connectivity index (χ4v) is 3.09. The van der Waals surface area contributed by atoms with E-state index in [4.69, 9.17) is 4.74 Å². The Morgan fingerprint density at radius 3 is 2.50 bits per heavy atom. The number of hydrogen-bond donors (Lipinski definition) is 0. The van der Waals surface area contributed by atoms with Gasteiger partial charge in [-0.1, -0.05) is 24.3 Å². The second-order valence-electron chi connectivity index (χ2n) is 6.05. The zero-order valence-corrected chi connectivity index (χ0v) is 14.2. The molecule has 0 aliphatic carbocycles. The number of benzene rings is 2. The minimum atomic E-state index is -0.279. The van der Waals surface area contributed by atoms with Crippen molar-refractivity contribution >= 4 is 11.8 Å². The molecule has 1 aromatic heterocycles. The van der Waals surface area contributed by atoms with Crippen LogP contribution in [-0.2, 0) is 6.54 Å². The second-order valence-corrected chi connectivity index (χ2v) is 6.05. The summed E-state index contributed by atoms with van der Waals surface area (Å²) in [7, 11) is 1.61. The molecule has 0 N–H and O–H groups in total. The first-order chi connectivity index (χ1) is 12.7. The minimum Gasteiger partial charge on any atom is -0.497 e. The Balaban J connectivity index is 1.68. The van der Waals surface area contributed by atoms with Gasteiger partial charge in [0.15, 0.2) is 0 Å². The molecule has 4 rings (SSSR count). The zero-order valence-electron chi connectivity index (χ0n) is 14.2. The van der Waals surface area contributed by atoms with Gasteiger partial charge in [0.2, 0.25) is 0 Å². The van der Waals surface area contributed by atoms with E-state index in [1.807, 2.05) is 36.4 Å². The molecule has 0 radical (unpaired) electrons. The number of nitrogens with zero attached hydrogens (tertiary/aromatic N) is 2. The number of carbonyl (C=O) groups is 2. The number of rotatable bonds is 4. The maximum Gasteiger partial charge on any atom is 0.261 e. The fourth-order valence-electron chi connectivity index (χ4n) is 3.09. The van der Waals surface area contributed by atoms with E-state index in [1.165, 1.54) is 4.90 Å². The first-order valence-electron chi connectivity index (χ1n) is 8.21. The van der Waals surface area contributed by atoms with Gasteiger partial charge < -0.3 is 4.74 Å². The molecule has 0 saturated carbocycles. The molecule has 0 atom stereocenters. The Morgan fingerprint density at radius 1 is 0.923 bits per heavy atom. The molecule has 5 heteroatoms. The van der Waals surface area contributed by atoms with Crippen LogP contribution in [-0.4, -0.2) is 28.8 Å². The highest BCUT2D eigenvalue weighted by molar-refractivity contribution is 6.21. The molecule has 0 bridgehead atoms. The van der Waals surface area contributed by atoms with Crippen LogP contribution in [0.5, 0.6) is 5.75 Å². The fraction of sp³-hybridized carbons (Fsp3) is 0.0952. The number of aromatic nitrogens is 1. The van der Waals surface area contributed by atoms with Crippen LogP contribution in [0.3, 0.4) is 0 Å². The number of methoxy groups -OCH3 is 1. The molecular weight excluding hydrogens is 328 g/mol. The smallest absolute Gasteiger partial charge is 0.261 e. The summed E-state index contributed by atoms with van der Waals surface area (Å²) in [5.41, 5.74) is 3.48. The van der Waals surface area contributed by atoms with Gasteiger partial charge in [-0.3, -0.25) is 19.5 Å². The van der Waals surface area contributed by atoms with Crippen LogP contribution in [0.15, 0.2) is 67.0 Å². The molecule has 3 aromatic rings. The van der Waals surface area contributed by atoms with Crippen molar-refractivity contribution in [2.45, 2.75) is 6.54 Å². The summed E-state index contributed by atoms with van der Waals surface area (Å²) in [6.07, 6.45) is 3.32. The van der Waals surface area contributed by atoms with E-state index in [-0.39, 0.29) is 18.4 Å². The van der Waals surface area contributed by atoms with Crippen molar-refractivity contribution < 1.29 is 14.3 Å². The quantitative estimate of drug-likeness (QED) is 0.679. The van der Waals surface area contributed by atoms with Crippen LogP contribution in [0.2, 0.25) is 0 Å². The van der Waals surface area contributed by atoms with E-state index in [0.717, 1.165) is 22.4 Å². The number of imide groups is 1. The summed E-state index contributed by atoms with van der Waals surface area (Å²) in [5, 5.41) is 0. The number of pyridine rings is 1. The maximum absolute atomic E-state index is 12.8. The number of fused-ring (bicyclic) bond motifs is 1. The van der Waals surface area contributed by atoms with Crippen molar-refractivity contribution in [3.8, 4) is 16.9 Å². The summed E-state index contributed by atoms with van der Waals surface area (Å²) in [6, 6.07) is 16.6. The average molecular weight is 344 g/mol. The van der Waals surface area contributed by atoms with Gasteiger partial charge in [0.25, 0.3) is 11.8 Å². The molecule has 2 amide bonds. The Hall–Kier alpha value is -3.47. The van der Waals surface area contributed by atoms with E-state index in [9.17, 15) is 9.59 Å². The van der Waals surface area contributed by atoms with Crippen LogP contribution < -0.4 is 4.74 Å². The molecule has 2 aromatic carbocycles. The SMILES string of the molecule is COc1cccc(-c2ccc3c(c2)C(=O)N(Cc2cccnc2)C3=O)c1. The summed E-state index contributed by atoms with van der Waals surface area (Å²) in [6.45, 7) is 0.217. The zero-order chi connectivity index (χ0) is 18.1. The molecule has 1 aliphatic heterocycles. The topological polar surface area (TPSA) is 59.5 Å². The molecule has 2 heterocycles. The van der Waals surface area contributed by atoms with Crippen LogP contribution in [0, 0.1) is 0 Å². The Labute approximate surface area is 150 Å². The van der Waals surface area contributed by atoms with Crippen molar-refractivity contribution in [2.24, 2.45) is 0 Å². The second kappa shape index (κ2) is 6.44. The summed E-state index contributed by atoms with van der Waals surface area (Å²) >= 11 is 0. The van der Waals surface area contributed by atoms with Gasteiger partial charge in [0, 0.05) is 12.4 Å². The van der Waals surface area contributed by atoms with Crippen LogP contribution in [0.25, 0.3) is 11.1 Å². The Bertz CT molecular complexity index is 999. The lowest BCUT2D eigenvalue weighted by Gasteiger charge is -2.13. The standard InChI is InChI=1S/C21H16N2O3/c1-26-17-6-2-5-15(10-17)16-7-8-18-19(11-16)21(25)23(20(18)24)13-14-4-3-9-22-12-14/h2-12H,13H2,1H3. The lowest BCUT2D eigenvalue weighted by Crippen LogP contribution is -2.29. The van der Waals surface area contributed by atoms with Crippen LogP contribution >= 0.6 is 0 Å². The van der Waals surface area contributed by atoms with E-state index in [1.54, 1.807) is 37.7 Å². The Morgan fingerprint density at radius 2 is 1.73 bits per heavy atom. The molecule has 0 spiro atoms. The third-order valence-electron chi connectivity index (χ3n) is 4.44. The summed E-state index contributed by atoms with van der Waals surface area (Å²) in [4.78, 5) is 30.7. The van der Waals surface area contributed by atoms with Gasteiger partial charge in [0.1, 0.15) is 5.75 Å². The Kier molecular flexibility index (Phi) is 3.97. The molecule has 5 nitrogen and oxygen atoms in total. The van der Waals surface area contributed by atoms with E-state index >= 15 is 0 Å². The highest BCUT2D eigenvalue weighted by atomic mass is 16.5. The molecule has 0 saturated heterocycles. The first kappa shape index (κ1) is 16.0. The van der Waals surface area contributed by atoms with Gasteiger partial charge in [0.05, 0.1) is 24.8 Å². The minimum absolute atomic E-state index is 0.217. The van der Waals surface area contributed by atoms with E-state index in [0.29, 0.717) is 11.1 Å².